The van der Waals surface area contributed by atoms with Crippen LogP contribution in [-0.4, -0.2) is 21.3 Å². The third-order valence-corrected chi connectivity index (χ3v) is 5.47. The van der Waals surface area contributed by atoms with E-state index in [0.29, 0.717) is 5.56 Å². The molecule has 0 aliphatic carbocycles. The van der Waals surface area contributed by atoms with Gasteiger partial charge in [0, 0.05) is 51.8 Å². The fourth-order valence-electron chi connectivity index (χ4n) is 3.77. The molecule has 2 aromatic carbocycles. The highest BCUT2D eigenvalue weighted by atomic mass is 16.2. The molecule has 0 radical (unpaired) electrons. The van der Waals surface area contributed by atoms with Crippen molar-refractivity contribution in [1.82, 2.24) is 14.6 Å². The van der Waals surface area contributed by atoms with Crippen LogP contribution in [0.3, 0.4) is 0 Å². The van der Waals surface area contributed by atoms with Crippen LogP contribution in [0.15, 0.2) is 65.8 Å². The van der Waals surface area contributed by atoms with Crippen molar-refractivity contribution in [1.29, 1.82) is 0 Å². The van der Waals surface area contributed by atoms with Crippen LogP contribution in [0.4, 0.5) is 0 Å². The van der Waals surface area contributed by atoms with Gasteiger partial charge in [-0.1, -0.05) is 18.2 Å². The SMILES string of the molecule is Cc1ccc(C)n1-c1ccc(C(=O)N/N=C/c2c(C)n(C)c3ccccc23)cc1. The minimum atomic E-state index is -0.230. The summed E-state index contributed by atoms with van der Waals surface area (Å²) in [5, 5.41) is 5.32. The van der Waals surface area contributed by atoms with Crippen LogP contribution < -0.4 is 5.43 Å². The van der Waals surface area contributed by atoms with Gasteiger partial charge in [-0.25, -0.2) is 5.43 Å². The fraction of sp³-hybridized carbons (Fsp3) is 0.167. The maximum atomic E-state index is 12.5. The molecule has 2 aromatic heterocycles. The van der Waals surface area contributed by atoms with Gasteiger partial charge in [0.05, 0.1) is 6.21 Å². The summed E-state index contributed by atoms with van der Waals surface area (Å²) >= 11 is 0. The molecule has 1 amide bonds. The number of aryl methyl sites for hydroxylation is 3. The molecule has 29 heavy (non-hydrogen) atoms. The maximum Gasteiger partial charge on any atom is 0.271 e. The summed E-state index contributed by atoms with van der Waals surface area (Å²) in [6.07, 6.45) is 1.72. The Kier molecular flexibility index (Phi) is 4.80. The summed E-state index contributed by atoms with van der Waals surface area (Å²) < 4.78 is 4.28. The average molecular weight is 384 g/mol. The number of hydrogen-bond donors (Lipinski definition) is 1. The number of nitrogens with zero attached hydrogens (tertiary/aromatic N) is 3. The van der Waals surface area contributed by atoms with Crippen LogP contribution in [0.1, 0.15) is 33.0 Å². The molecule has 0 unspecified atom stereocenters. The van der Waals surface area contributed by atoms with Gasteiger partial charge in [0.2, 0.25) is 0 Å². The number of fused-ring (bicyclic) bond motifs is 1. The molecular weight excluding hydrogens is 360 g/mol. The van der Waals surface area contributed by atoms with Gasteiger partial charge in [-0.3, -0.25) is 4.79 Å². The van der Waals surface area contributed by atoms with E-state index in [0.717, 1.165) is 39.2 Å². The third-order valence-electron chi connectivity index (χ3n) is 5.47. The second-order valence-electron chi connectivity index (χ2n) is 7.27. The Hall–Kier alpha value is -3.60. The lowest BCUT2D eigenvalue weighted by molar-refractivity contribution is 0.0955. The van der Waals surface area contributed by atoms with Crippen LogP contribution in [0.25, 0.3) is 16.6 Å². The Labute approximate surface area is 170 Å². The van der Waals surface area contributed by atoms with Gasteiger partial charge in [0.15, 0.2) is 0 Å². The fourth-order valence-corrected chi connectivity index (χ4v) is 3.77. The second-order valence-corrected chi connectivity index (χ2v) is 7.27. The number of carbonyl (C=O) groups is 1. The van der Waals surface area contributed by atoms with Crippen molar-refractivity contribution in [3.63, 3.8) is 0 Å². The number of carbonyl (C=O) groups excluding carboxylic acids is 1. The highest BCUT2D eigenvalue weighted by Crippen LogP contribution is 2.23. The van der Waals surface area contributed by atoms with E-state index in [9.17, 15) is 4.79 Å². The molecule has 0 aliphatic rings. The average Bonchev–Trinajstić information content (AvgIpc) is 3.19. The van der Waals surface area contributed by atoms with E-state index < -0.39 is 0 Å². The predicted molar refractivity (Wildman–Crippen MR) is 118 cm³/mol. The van der Waals surface area contributed by atoms with E-state index in [1.165, 1.54) is 0 Å². The van der Waals surface area contributed by atoms with E-state index in [2.05, 4.69) is 57.8 Å². The lowest BCUT2D eigenvalue weighted by Crippen LogP contribution is -2.17. The molecule has 4 rings (SSSR count). The van der Waals surface area contributed by atoms with E-state index in [-0.39, 0.29) is 5.91 Å². The molecule has 4 aromatic rings. The van der Waals surface area contributed by atoms with E-state index in [1.54, 1.807) is 6.21 Å². The number of para-hydroxylation sites is 1. The molecule has 0 atom stereocenters. The van der Waals surface area contributed by atoms with Crippen LogP contribution in [0.5, 0.6) is 0 Å². The number of benzene rings is 2. The Morgan fingerprint density at radius 3 is 2.28 bits per heavy atom. The van der Waals surface area contributed by atoms with Gasteiger partial charge in [-0.2, -0.15) is 5.10 Å². The third kappa shape index (κ3) is 3.36. The Morgan fingerprint density at radius 2 is 1.59 bits per heavy atom. The smallest absolute Gasteiger partial charge is 0.271 e. The van der Waals surface area contributed by atoms with Crippen LogP contribution >= 0.6 is 0 Å². The number of aromatic nitrogens is 2. The molecule has 0 spiro atoms. The number of rotatable bonds is 4. The van der Waals surface area contributed by atoms with Crippen molar-refractivity contribution in [2.75, 3.05) is 0 Å². The zero-order chi connectivity index (χ0) is 20.5. The molecule has 0 saturated heterocycles. The molecule has 0 bridgehead atoms. The molecule has 5 heteroatoms. The first-order chi connectivity index (χ1) is 14.0. The van der Waals surface area contributed by atoms with Crippen molar-refractivity contribution >= 4 is 23.0 Å². The zero-order valence-corrected chi connectivity index (χ0v) is 17.1. The molecule has 5 nitrogen and oxygen atoms in total. The molecule has 0 saturated carbocycles. The van der Waals surface area contributed by atoms with Crippen LogP contribution in [0.2, 0.25) is 0 Å². The first-order valence-corrected chi connectivity index (χ1v) is 9.60. The molecule has 1 N–H and O–H groups in total. The summed E-state index contributed by atoms with van der Waals surface area (Å²) in [5.41, 5.74) is 9.83. The standard InChI is InChI=1S/C24H24N4O/c1-16-9-10-17(2)28(16)20-13-11-19(12-14-20)24(29)26-25-15-22-18(3)27(4)23-8-6-5-7-21(22)23/h5-15H,1-4H3,(H,26,29)/b25-15+. The molecule has 2 heterocycles. The summed E-state index contributed by atoms with van der Waals surface area (Å²) in [7, 11) is 2.03. The van der Waals surface area contributed by atoms with Crippen LogP contribution in [0, 0.1) is 20.8 Å². The highest BCUT2D eigenvalue weighted by Gasteiger charge is 2.10. The van der Waals surface area contributed by atoms with Gasteiger partial charge < -0.3 is 9.13 Å². The van der Waals surface area contributed by atoms with Crippen molar-refractivity contribution in [2.24, 2.45) is 12.1 Å². The topological polar surface area (TPSA) is 51.3 Å². The van der Waals surface area contributed by atoms with Gasteiger partial charge in [-0.05, 0) is 63.2 Å². The van der Waals surface area contributed by atoms with Crippen molar-refractivity contribution in [3.8, 4) is 5.69 Å². The number of nitrogens with one attached hydrogen (secondary N) is 1. The summed E-state index contributed by atoms with van der Waals surface area (Å²) in [5.74, 6) is -0.230. The van der Waals surface area contributed by atoms with Gasteiger partial charge in [-0.15, -0.1) is 0 Å². The lowest BCUT2D eigenvalue weighted by Gasteiger charge is -2.10. The number of hydrogen-bond acceptors (Lipinski definition) is 2. The summed E-state index contributed by atoms with van der Waals surface area (Å²) in [6, 6.07) is 19.9. The van der Waals surface area contributed by atoms with Crippen molar-refractivity contribution in [3.05, 3.63) is 88.9 Å². The monoisotopic (exact) mass is 384 g/mol. The highest BCUT2D eigenvalue weighted by molar-refractivity contribution is 6.02. The van der Waals surface area contributed by atoms with Gasteiger partial charge in [0.25, 0.3) is 5.91 Å². The quantitative estimate of drug-likeness (QED) is 0.404. The zero-order valence-electron chi connectivity index (χ0n) is 17.1. The van der Waals surface area contributed by atoms with Crippen LogP contribution in [-0.2, 0) is 7.05 Å². The minimum absolute atomic E-state index is 0.230. The van der Waals surface area contributed by atoms with Crippen molar-refractivity contribution in [2.45, 2.75) is 20.8 Å². The number of hydrazone groups is 1. The predicted octanol–water partition coefficient (Wildman–Crippen LogP) is 4.66. The molecule has 0 aliphatic heterocycles. The second kappa shape index (κ2) is 7.43. The Morgan fingerprint density at radius 1 is 0.931 bits per heavy atom. The van der Waals surface area contributed by atoms with Gasteiger partial charge in [0.1, 0.15) is 0 Å². The van der Waals surface area contributed by atoms with E-state index in [4.69, 9.17) is 0 Å². The Bertz CT molecular complexity index is 1210. The first-order valence-electron chi connectivity index (χ1n) is 9.60. The van der Waals surface area contributed by atoms with E-state index in [1.807, 2.05) is 50.4 Å². The first kappa shape index (κ1) is 18.7. The Balaban J connectivity index is 1.51. The largest absolute Gasteiger partial charge is 0.347 e. The molecule has 0 fully saturated rings. The molecular formula is C24H24N4O. The number of amides is 1. The lowest BCUT2D eigenvalue weighted by atomic mass is 10.1. The normalized spacial score (nSPS) is 11.4. The van der Waals surface area contributed by atoms with Gasteiger partial charge >= 0.3 is 0 Å². The van der Waals surface area contributed by atoms with E-state index >= 15 is 0 Å². The summed E-state index contributed by atoms with van der Waals surface area (Å²) in [4.78, 5) is 12.5. The minimum Gasteiger partial charge on any atom is -0.347 e. The molecule has 146 valence electrons. The van der Waals surface area contributed by atoms with Crippen molar-refractivity contribution < 1.29 is 4.79 Å². The maximum absolute atomic E-state index is 12.5. The summed E-state index contributed by atoms with van der Waals surface area (Å²) in [6.45, 7) is 6.18.